The molecular formula is C31H26N6O6S. The normalized spacial score (nSPS) is 12.5. The summed E-state index contributed by atoms with van der Waals surface area (Å²) in [5.74, 6) is -0.444. The molecule has 5 aromatic rings. The van der Waals surface area contributed by atoms with Crippen molar-refractivity contribution in [3.05, 3.63) is 101 Å². The minimum Gasteiger partial charge on any atom is -0.497 e. The van der Waals surface area contributed by atoms with Crippen LogP contribution in [0.4, 0.5) is 11.4 Å². The Labute approximate surface area is 255 Å². The number of fused-ring (bicyclic) bond motifs is 2. The Balaban J connectivity index is 1.47. The molecule has 1 atom stereocenters. The number of methoxy groups -OCH3 is 1. The zero-order valence-electron chi connectivity index (χ0n) is 23.4. The van der Waals surface area contributed by atoms with E-state index in [1.807, 2.05) is 18.2 Å². The second-order valence-corrected chi connectivity index (χ2v) is 10.5. The first-order valence-electron chi connectivity index (χ1n) is 13.4. The lowest BCUT2D eigenvalue weighted by Crippen LogP contribution is -2.44. The molecule has 6 rings (SSSR count). The van der Waals surface area contributed by atoms with Gasteiger partial charge >= 0.3 is 0 Å². The summed E-state index contributed by atoms with van der Waals surface area (Å²) in [6, 6.07) is 19.9. The molecule has 13 heteroatoms. The highest BCUT2D eigenvalue weighted by Crippen LogP contribution is 2.40. The van der Waals surface area contributed by atoms with Gasteiger partial charge in [-0.3, -0.25) is 24.3 Å². The molecule has 0 saturated heterocycles. The third-order valence-corrected chi connectivity index (χ3v) is 7.93. The van der Waals surface area contributed by atoms with Crippen molar-refractivity contribution >= 4 is 51.5 Å². The van der Waals surface area contributed by atoms with Crippen LogP contribution < -0.4 is 35.9 Å². The molecule has 2 aromatic heterocycles. The highest BCUT2D eigenvalue weighted by Gasteiger charge is 2.37. The van der Waals surface area contributed by atoms with Crippen LogP contribution in [0.15, 0.2) is 79.0 Å². The fourth-order valence-electron chi connectivity index (χ4n) is 4.87. The zero-order chi connectivity index (χ0) is 30.8. The Hall–Kier alpha value is -5.69. The minimum absolute atomic E-state index is 0.0138. The minimum atomic E-state index is -1.20. The van der Waals surface area contributed by atoms with Gasteiger partial charge in [-0.15, -0.1) is 0 Å². The number of primary amides is 1. The molecule has 3 aromatic carbocycles. The SMILES string of the molecule is COc1ccc(CNC(=O)[C@H](c2ccc3ncccc3c2)N(C(=O)c2snc(C(N)=O)c2N)c2ccc3c(c2)OCO3)cc1. The second-order valence-electron chi connectivity index (χ2n) is 9.77. The molecule has 0 aliphatic carbocycles. The first-order chi connectivity index (χ1) is 21.3. The molecule has 222 valence electrons. The summed E-state index contributed by atoms with van der Waals surface area (Å²) in [6.07, 6.45) is 1.67. The maximum absolute atomic E-state index is 14.4. The second kappa shape index (κ2) is 11.9. The Morgan fingerprint density at radius 2 is 1.84 bits per heavy atom. The topological polar surface area (TPSA) is 172 Å². The molecule has 3 heterocycles. The van der Waals surface area contributed by atoms with Gasteiger partial charge in [0.2, 0.25) is 12.7 Å². The van der Waals surface area contributed by atoms with Crippen molar-refractivity contribution in [2.75, 3.05) is 24.5 Å². The molecule has 44 heavy (non-hydrogen) atoms. The van der Waals surface area contributed by atoms with Gasteiger partial charge in [0, 0.05) is 29.9 Å². The molecule has 0 spiro atoms. The number of amides is 3. The number of benzene rings is 3. The van der Waals surface area contributed by atoms with Crippen LogP contribution in [0, 0.1) is 0 Å². The van der Waals surface area contributed by atoms with Crippen molar-refractivity contribution in [1.82, 2.24) is 14.7 Å². The van der Waals surface area contributed by atoms with Crippen LogP contribution in [-0.2, 0) is 11.3 Å². The van der Waals surface area contributed by atoms with Crippen LogP contribution in [0.5, 0.6) is 17.2 Å². The van der Waals surface area contributed by atoms with Gasteiger partial charge in [0.05, 0.1) is 18.3 Å². The van der Waals surface area contributed by atoms with E-state index in [9.17, 15) is 14.4 Å². The van der Waals surface area contributed by atoms with E-state index in [0.717, 1.165) is 22.5 Å². The molecule has 3 amide bonds. The van der Waals surface area contributed by atoms with Gasteiger partial charge in [-0.05, 0) is 65.1 Å². The number of nitrogens with zero attached hydrogens (tertiary/aromatic N) is 3. The van der Waals surface area contributed by atoms with Crippen molar-refractivity contribution < 1.29 is 28.6 Å². The zero-order valence-corrected chi connectivity index (χ0v) is 24.2. The third-order valence-electron chi connectivity index (χ3n) is 7.08. The Morgan fingerprint density at radius 3 is 2.59 bits per heavy atom. The van der Waals surface area contributed by atoms with E-state index in [4.69, 9.17) is 25.7 Å². The quantitative estimate of drug-likeness (QED) is 0.224. The van der Waals surface area contributed by atoms with Crippen LogP contribution >= 0.6 is 11.5 Å². The fourth-order valence-corrected chi connectivity index (χ4v) is 5.61. The van der Waals surface area contributed by atoms with E-state index >= 15 is 0 Å². The number of ether oxygens (including phenoxy) is 3. The number of anilines is 2. The number of aromatic nitrogens is 2. The molecular weight excluding hydrogens is 584 g/mol. The first-order valence-corrected chi connectivity index (χ1v) is 14.1. The Bertz CT molecular complexity index is 1890. The molecule has 1 aliphatic rings. The largest absolute Gasteiger partial charge is 0.497 e. The number of nitrogens with two attached hydrogens (primary N) is 2. The van der Waals surface area contributed by atoms with Crippen molar-refractivity contribution in [3.8, 4) is 17.2 Å². The van der Waals surface area contributed by atoms with Crippen LogP contribution in [-0.4, -0.2) is 41.0 Å². The first kappa shape index (κ1) is 28.4. The van der Waals surface area contributed by atoms with E-state index in [-0.39, 0.29) is 29.6 Å². The standard InChI is InChI=1S/C31H26N6O6S/c1-41-21-8-4-17(5-9-21)15-35-30(39)27(19-6-10-22-18(13-19)3-2-12-34-22)37(20-7-11-23-24(14-20)43-16-42-23)31(40)28-25(32)26(29(33)38)36-44-28/h2-14,27H,15-16,32H2,1H3,(H2,33,38)(H,35,39)/t27-/m0/s1. The molecule has 0 saturated carbocycles. The van der Waals surface area contributed by atoms with Gasteiger partial charge in [0.25, 0.3) is 11.8 Å². The molecule has 5 N–H and O–H groups in total. The van der Waals surface area contributed by atoms with Gasteiger partial charge in [0.1, 0.15) is 16.7 Å². The number of nitrogen functional groups attached to an aromatic ring is 1. The molecule has 1 aliphatic heterocycles. The summed E-state index contributed by atoms with van der Waals surface area (Å²) in [5, 5.41) is 3.74. The number of hydrogen-bond donors (Lipinski definition) is 3. The number of rotatable bonds is 9. The maximum Gasteiger partial charge on any atom is 0.273 e. The summed E-state index contributed by atoms with van der Waals surface area (Å²) >= 11 is 0.725. The number of carbonyl (C=O) groups is 3. The highest BCUT2D eigenvalue weighted by molar-refractivity contribution is 7.09. The van der Waals surface area contributed by atoms with Crippen LogP contribution in [0.3, 0.4) is 0 Å². The van der Waals surface area contributed by atoms with Crippen LogP contribution in [0.25, 0.3) is 10.9 Å². The number of pyridine rings is 1. The lowest BCUT2D eigenvalue weighted by atomic mass is 10.00. The van der Waals surface area contributed by atoms with E-state index < -0.39 is 23.8 Å². The average molecular weight is 611 g/mol. The van der Waals surface area contributed by atoms with E-state index in [1.54, 1.807) is 67.9 Å². The summed E-state index contributed by atoms with van der Waals surface area (Å²) in [5.41, 5.74) is 13.6. The smallest absolute Gasteiger partial charge is 0.273 e. The predicted octanol–water partition coefficient (Wildman–Crippen LogP) is 3.81. The van der Waals surface area contributed by atoms with Gasteiger partial charge < -0.3 is 31.0 Å². The molecule has 0 fully saturated rings. The van der Waals surface area contributed by atoms with Gasteiger partial charge in [-0.25, -0.2) is 0 Å². The lowest BCUT2D eigenvalue weighted by molar-refractivity contribution is -0.122. The van der Waals surface area contributed by atoms with Crippen LogP contribution in [0.1, 0.15) is 37.3 Å². The average Bonchev–Trinajstić information content (AvgIpc) is 3.68. The Kier molecular flexibility index (Phi) is 7.69. The molecule has 0 unspecified atom stereocenters. The van der Waals surface area contributed by atoms with Gasteiger partial charge in [-0.1, -0.05) is 24.3 Å². The van der Waals surface area contributed by atoms with Gasteiger partial charge in [0.15, 0.2) is 17.2 Å². The monoisotopic (exact) mass is 610 g/mol. The summed E-state index contributed by atoms with van der Waals surface area (Å²) in [4.78, 5) is 46.2. The number of hydrogen-bond acceptors (Lipinski definition) is 10. The van der Waals surface area contributed by atoms with E-state index in [0.29, 0.717) is 34.0 Å². The van der Waals surface area contributed by atoms with E-state index in [1.165, 1.54) is 4.90 Å². The van der Waals surface area contributed by atoms with Crippen molar-refractivity contribution in [2.45, 2.75) is 12.6 Å². The molecule has 12 nitrogen and oxygen atoms in total. The van der Waals surface area contributed by atoms with Crippen molar-refractivity contribution in [2.24, 2.45) is 5.73 Å². The number of carbonyl (C=O) groups excluding carboxylic acids is 3. The van der Waals surface area contributed by atoms with Crippen molar-refractivity contribution in [3.63, 3.8) is 0 Å². The van der Waals surface area contributed by atoms with Crippen LogP contribution in [0.2, 0.25) is 0 Å². The summed E-state index contributed by atoms with van der Waals surface area (Å²) in [6.45, 7) is 0.187. The summed E-state index contributed by atoms with van der Waals surface area (Å²) in [7, 11) is 1.57. The third kappa shape index (κ3) is 5.43. The number of nitrogens with one attached hydrogen (secondary N) is 1. The van der Waals surface area contributed by atoms with E-state index in [2.05, 4.69) is 14.7 Å². The molecule has 0 bridgehead atoms. The van der Waals surface area contributed by atoms with Gasteiger partial charge in [-0.2, -0.15) is 4.37 Å². The fraction of sp³-hybridized carbons (Fsp3) is 0.129. The predicted molar refractivity (Wildman–Crippen MR) is 164 cm³/mol. The molecule has 0 radical (unpaired) electrons. The lowest BCUT2D eigenvalue weighted by Gasteiger charge is -2.31. The van der Waals surface area contributed by atoms with Crippen molar-refractivity contribution in [1.29, 1.82) is 0 Å². The highest BCUT2D eigenvalue weighted by atomic mass is 32.1. The summed E-state index contributed by atoms with van der Waals surface area (Å²) < 4.78 is 20.3. The maximum atomic E-state index is 14.4. The Morgan fingerprint density at radius 1 is 1.05 bits per heavy atom.